The van der Waals surface area contributed by atoms with E-state index < -0.39 is 5.60 Å². The molecule has 2 unspecified atom stereocenters. The van der Waals surface area contributed by atoms with Gasteiger partial charge in [0.2, 0.25) is 0 Å². The van der Waals surface area contributed by atoms with Crippen molar-refractivity contribution in [3.8, 4) is 11.8 Å². The minimum Gasteiger partial charge on any atom is -0.441 e. The molecular weight excluding hydrogens is 449 g/mol. The number of nitrogen functional groups attached to an aromatic ring is 1. The van der Waals surface area contributed by atoms with Crippen molar-refractivity contribution in [3.05, 3.63) is 65.7 Å². The molecule has 1 saturated carbocycles. The molecule has 1 aliphatic carbocycles. The van der Waals surface area contributed by atoms with Crippen molar-refractivity contribution in [1.29, 1.82) is 5.26 Å². The molecule has 0 radical (unpaired) electrons. The molecule has 5 rings (SSSR count). The Bertz CT molecular complexity index is 1290. The zero-order valence-corrected chi connectivity index (χ0v) is 19.2. The Hall–Kier alpha value is -4.13. The second-order valence-electron chi connectivity index (χ2n) is 9.30. The SMILES string of the molecule is N#Cc1ccc(N)c(NCC2CCCC3(C2)CN(Cc2cn(-c4cccc(F)c4)nn2)C(=O)O3)c1. The van der Waals surface area contributed by atoms with E-state index in [0.717, 1.165) is 31.4 Å². The zero-order valence-electron chi connectivity index (χ0n) is 19.2. The van der Waals surface area contributed by atoms with E-state index in [9.17, 15) is 9.18 Å². The van der Waals surface area contributed by atoms with Gasteiger partial charge in [0.1, 0.15) is 17.1 Å². The van der Waals surface area contributed by atoms with E-state index in [1.54, 1.807) is 41.4 Å². The zero-order chi connectivity index (χ0) is 24.4. The molecule has 3 N–H and O–H groups in total. The van der Waals surface area contributed by atoms with Crippen LogP contribution in [0.5, 0.6) is 0 Å². The molecule has 9 nitrogen and oxygen atoms in total. The summed E-state index contributed by atoms with van der Waals surface area (Å²) >= 11 is 0. The number of nitrogens with two attached hydrogens (primary N) is 1. The number of nitrogens with one attached hydrogen (secondary N) is 1. The molecule has 2 aromatic carbocycles. The maximum absolute atomic E-state index is 13.5. The van der Waals surface area contributed by atoms with Crippen molar-refractivity contribution >= 4 is 17.5 Å². The van der Waals surface area contributed by atoms with E-state index in [0.29, 0.717) is 41.6 Å². The summed E-state index contributed by atoms with van der Waals surface area (Å²) in [6, 6.07) is 13.4. The van der Waals surface area contributed by atoms with E-state index in [1.807, 2.05) is 0 Å². The molecule has 2 fully saturated rings. The summed E-state index contributed by atoms with van der Waals surface area (Å²) in [5.74, 6) is -0.0538. The molecular formula is C25H26FN7O2. The highest BCUT2D eigenvalue weighted by Crippen LogP contribution is 2.40. The Balaban J connectivity index is 1.21. The number of nitriles is 1. The molecule has 35 heavy (non-hydrogen) atoms. The first kappa shape index (κ1) is 22.7. The highest BCUT2D eigenvalue weighted by molar-refractivity contribution is 5.71. The standard InChI is InChI=1S/C25H26FN7O2/c26-19-4-1-5-21(10-19)33-15-20(30-31-33)14-32-16-25(35-24(32)34)8-2-3-18(11-25)13-29-23-9-17(12-27)6-7-22(23)28/h1,4-7,9-10,15,18,29H,2-3,8,11,13-14,16,28H2. The monoisotopic (exact) mass is 475 g/mol. The number of rotatable bonds is 6. The normalized spacial score (nSPS) is 21.7. The second-order valence-corrected chi connectivity index (χ2v) is 9.30. The van der Waals surface area contributed by atoms with Crippen molar-refractivity contribution in [2.45, 2.75) is 37.8 Å². The Morgan fingerprint density at radius 2 is 2.20 bits per heavy atom. The number of hydrogen-bond donors (Lipinski definition) is 2. The predicted octanol–water partition coefficient (Wildman–Crippen LogP) is 3.85. The number of ether oxygens (including phenoxy) is 1. The highest BCUT2D eigenvalue weighted by atomic mass is 19.1. The lowest BCUT2D eigenvalue weighted by Crippen LogP contribution is -2.41. The van der Waals surface area contributed by atoms with Gasteiger partial charge in [0, 0.05) is 6.54 Å². The van der Waals surface area contributed by atoms with Crippen LogP contribution in [-0.4, -0.2) is 44.7 Å². The van der Waals surface area contributed by atoms with Gasteiger partial charge in [0.15, 0.2) is 0 Å². The summed E-state index contributed by atoms with van der Waals surface area (Å²) in [6.45, 7) is 1.44. The number of amides is 1. The molecule has 0 bridgehead atoms. The predicted molar refractivity (Wildman–Crippen MR) is 127 cm³/mol. The van der Waals surface area contributed by atoms with Crippen molar-refractivity contribution in [1.82, 2.24) is 19.9 Å². The fraction of sp³-hybridized carbons (Fsp3) is 0.360. The van der Waals surface area contributed by atoms with E-state index >= 15 is 0 Å². The summed E-state index contributed by atoms with van der Waals surface area (Å²) in [5.41, 5.74) is 8.58. The number of nitrogens with zero attached hydrogens (tertiary/aromatic N) is 5. The minimum atomic E-state index is -0.528. The molecule has 1 aliphatic heterocycles. The Kier molecular flexibility index (Phi) is 5.99. The number of halogens is 1. The Morgan fingerprint density at radius 1 is 1.31 bits per heavy atom. The highest BCUT2D eigenvalue weighted by Gasteiger charge is 2.48. The van der Waals surface area contributed by atoms with Gasteiger partial charge < -0.3 is 15.8 Å². The second kappa shape index (κ2) is 9.25. The van der Waals surface area contributed by atoms with Crippen LogP contribution in [0.25, 0.3) is 5.69 Å². The molecule has 180 valence electrons. The quantitative estimate of drug-likeness (QED) is 0.519. The Morgan fingerprint density at radius 3 is 3.03 bits per heavy atom. The number of aromatic nitrogens is 3. The van der Waals surface area contributed by atoms with Gasteiger partial charge in [-0.2, -0.15) is 5.26 Å². The van der Waals surface area contributed by atoms with Crippen LogP contribution in [0.3, 0.4) is 0 Å². The average Bonchev–Trinajstić information content (AvgIpc) is 3.43. The van der Waals surface area contributed by atoms with Gasteiger partial charge in [-0.25, -0.2) is 13.9 Å². The molecule has 10 heteroatoms. The van der Waals surface area contributed by atoms with Crippen LogP contribution in [0.4, 0.5) is 20.6 Å². The van der Waals surface area contributed by atoms with Crippen LogP contribution in [0, 0.1) is 23.1 Å². The summed E-state index contributed by atoms with van der Waals surface area (Å²) in [7, 11) is 0. The molecule has 2 aliphatic rings. The lowest BCUT2D eigenvalue weighted by Gasteiger charge is -2.36. The van der Waals surface area contributed by atoms with Crippen molar-refractivity contribution in [2.75, 3.05) is 24.1 Å². The van der Waals surface area contributed by atoms with Crippen molar-refractivity contribution in [2.24, 2.45) is 5.92 Å². The molecule has 1 spiro atoms. The van der Waals surface area contributed by atoms with E-state index in [2.05, 4.69) is 21.7 Å². The first-order valence-corrected chi connectivity index (χ1v) is 11.6. The fourth-order valence-electron chi connectivity index (χ4n) is 5.01. The minimum absolute atomic E-state index is 0.274. The van der Waals surface area contributed by atoms with Gasteiger partial charge >= 0.3 is 6.09 Å². The summed E-state index contributed by atoms with van der Waals surface area (Å²) in [4.78, 5) is 14.4. The third kappa shape index (κ3) is 4.89. The van der Waals surface area contributed by atoms with Gasteiger partial charge in [0.25, 0.3) is 0 Å². The van der Waals surface area contributed by atoms with Gasteiger partial charge in [-0.05, 0) is 68.0 Å². The number of anilines is 2. The fourth-order valence-corrected chi connectivity index (χ4v) is 5.01. The number of hydrogen-bond acceptors (Lipinski definition) is 7. The average molecular weight is 476 g/mol. The van der Waals surface area contributed by atoms with Gasteiger partial charge in [0.05, 0.1) is 48.0 Å². The summed E-state index contributed by atoms with van der Waals surface area (Å²) < 4.78 is 20.9. The lowest BCUT2D eigenvalue weighted by atomic mass is 9.78. The van der Waals surface area contributed by atoms with Crippen molar-refractivity contribution in [3.63, 3.8) is 0 Å². The molecule has 2 atom stereocenters. The van der Waals surface area contributed by atoms with Crippen LogP contribution in [0.1, 0.15) is 36.9 Å². The van der Waals surface area contributed by atoms with Crippen molar-refractivity contribution < 1.29 is 13.9 Å². The topological polar surface area (TPSA) is 122 Å². The number of benzene rings is 2. The maximum Gasteiger partial charge on any atom is 0.410 e. The lowest BCUT2D eigenvalue weighted by molar-refractivity contribution is 0.00916. The third-order valence-electron chi connectivity index (χ3n) is 6.68. The summed E-state index contributed by atoms with van der Waals surface area (Å²) in [5, 5.41) is 20.7. The van der Waals surface area contributed by atoms with Crippen LogP contribution >= 0.6 is 0 Å². The van der Waals surface area contributed by atoms with E-state index in [-0.39, 0.29) is 18.5 Å². The molecule has 3 aromatic rings. The van der Waals surface area contributed by atoms with E-state index in [1.165, 1.54) is 16.8 Å². The largest absolute Gasteiger partial charge is 0.441 e. The van der Waals surface area contributed by atoms with Crippen LogP contribution in [0.15, 0.2) is 48.7 Å². The first-order valence-electron chi connectivity index (χ1n) is 11.6. The molecule has 1 saturated heterocycles. The summed E-state index contributed by atoms with van der Waals surface area (Å²) in [6.07, 6.45) is 4.87. The van der Waals surface area contributed by atoms with Gasteiger partial charge in [-0.3, -0.25) is 4.90 Å². The molecule has 1 amide bonds. The number of carbonyl (C=O) groups is 1. The van der Waals surface area contributed by atoms with Gasteiger partial charge in [-0.15, -0.1) is 5.10 Å². The van der Waals surface area contributed by atoms with Crippen LogP contribution < -0.4 is 11.1 Å². The molecule has 1 aromatic heterocycles. The molecule has 2 heterocycles. The maximum atomic E-state index is 13.5. The third-order valence-corrected chi connectivity index (χ3v) is 6.68. The van der Waals surface area contributed by atoms with Crippen LogP contribution in [-0.2, 0) is 11.3 Å². The smallest absolute Gasteiger partial charge is 0.410 e. The first-order chi connectivity index (χ1) is 16.9. The Labute approximate surface area is 202 Å². The van der Waals surface area contributed by atoms with Gasteiger partial charge in [-0.1, -0.05) is 11.3 Å². The van der Waals surface area contributed by atoms with Crippen LogP contribution in [0.2, 0.25) is 0 Å². The van der Waals surface area contributed by atoms with E-state index in [4.69, 9.17) is 15.7 Å². The number of carbonyl (C=O) groups excluding carboxylic acids is 1.